The van der Waals surface area contributed by atoms with Crippen LogP contribution >= 0.6 is 0 Å². The molecular weight excluding hydrogens is 184 g/mol. The van der Waals surface area contributed by atoms with Crippen LogP contribution in [-0.2, 0) is 0 Å². The van der Waals surface area contributed by atoms with Crippen molar-refractivity contribution in [1.29, 1.82) is 0 Å². The summed E-state index contributed by atoms with van der Waals surface area (Å²) in [5, 5.41) is 30.6. The SMILES string of the molecule is N.N.O=C(O)O.OC1=NC(O)=NC1. The minimum absolute atomic E-state index is 0. The standard InChI is InChI=1S/C3H4N2O2.CH2O3.2H3N/c6-2-1-4-3(7)5-2;2-1(3)4;;/h1H2,(H2,4,5,6,7);(H2,2,3,4);2*1H3. The number of aliphatic imine (C=N–C) groups is 2. The monoisotopic (exact) mass is 196 g/mol. The largest absolute Gasteiger partial charge is 0.503 e. The first kappa shape index (κ1) is 17.3. The minimum Gasteiger partial charge on any atom is -0.495 e. The van der Waals surface area contributed by atoms with Gasteiger partial charge in [-0.1, -0.05) is 0 Å². The third kappa shape index (κ3) is 13.2. The molecular formula is C4H12N4O5. The van der Waals surface area contributed by atoms with E-state index in [1.807, 2.05) is 0 Å². The lowest BCUT2D eigenvalue weighted by atomic mass is 10.7. The molecule has 0 aromatic rings. The Morgan fingerprint density at radius 1 is 1.23 bits per heavy atom. The van der Waals surface area contributed by atoms with E-state index in [4.69, 9.17) is 25.2 Å². The predicted octanol–water partition coefficient (Wildman–Crippen LogP) is 0.417. The number of hydrogen-bond donors (Lipinski definition) is 6. The Hall–Kier alpha value is -1.87. The minimum atomic E-state index is -1.83. The summed E-state index contributed by atoms with van der Waals surface area (Å²) in [4.78, 5) is 15.1. The molecule has 9 nitrogen and oxygen atoms in total. The molecule has 9 heteroatoms. The molecule has 13 heavy (non-hydrogen) atoms. The summed E-state index contributed by atoms with van der Waals surface area (Å²) in [6, 6.07) is -0.336. The van der Waals surface area contributed by atoms with Crippen LogP contribution in [0.15, 0.2) is 9.98 Å². The van der Waals surface area contributed by atoms with E-state index in [0.29, 0.717) is 0 Å². The van der Waals surface area contributed by atoms with E-state index in [9.17, 15) is 0 Å². The van der Waals surface area contributed by atoms with E-state index in [1.165, 1.54) is 0 Å². The van der Waals surface area contributed by atoms with Crippen molar-refractivity contribution in [3.8, 4) is 0 Å². The Morgan fingerprint density at radius 3 is 1.69 bits per heavy atom. The second-order valence-corrected chi connectivity index (χ2v) is 1.43. The topological polar surface area (TPSA) is 193 Å². The van der Waals surface area contributed by atoms with Crippen LogP contribution in [0.5, 0.6) is 0 Å². The third-order valence-corrected chi connectivity index (χ3v) is 0.591. The van der Waals surface area contributed by atoms with Crippen molar-refractivity contribution in [1.82, 2.24) is 12.3 Å². The Morgan fingerprint density at radius 2 is 1.62 bits per heavy atom. The molecule has 0 atom stereocenters. The molecule has 0 bridgehead atoms. The summed E-state index contributed by atoms with van der Waals surface area (Å²) in [7, 11) is 0. The molecule has 1 aliphatic rings. The van der Waals surface area contributed by atoms with Crippen molar-refractivity contribution in [2.45, 2.75) is 0 Å². The van der Waals surface area contributed by atoms with Gasteiger partial charge in [-0.15, -0.1) is 0 Å². The average Bonchev–Trinajstić information content (AvgIpc) is 2.13. The van der Waals surface area contributed by atoms with Crippen molar-refractivity contribution < 1.29 is 25.2 Å². The lowest BCUT2D eigenvalue weighted by Crippen LogP contribution is -1.93. The van der Waals surface area contributed by atoms with E-state index >= 15 is 0 Å². The van der Waals surface area contributed by atoms with E-state index in [-0.39, 0.29) is 30.8 Å². The Bertz CT molecular complexity index is 209. The maximum absolute atomic E-state index is 8.56. The van der Waals surface area contributed by atoms with Gasteiger partial charge in [-0.05, 0) is 0 Å². The number of rotatable bonds is 0. The molecule has 0 spiro atoms. The maximum atomic E-state index is 8.56. The molecule has 1 rings (SSSR count). The predicted molar refractivity (Wildman–Crippen MR) is 45.7 cm³/mol. The van der Waals surface area contributed by atoms with Gasteiger partial charge in [0.05, 0.1) is 0 Å². The molecule has 0 saturated carbocycles. The summed E-state index contributed by atoms with van der Waals surface area (Å²) >= 11 is 0. The molecule has 0 radical (unpaired) electrons. The van der Waals surface area contributed by atoms with Crippen LogP contribution in [0.2, 0.25) is 0 Å². The van der Waals surface area contributed by atoms with Gasteiger partial charge in [-0.3, -0.25) is 0 Å². The van der Waals surface area contributed by atoms with Gasteiger partial charge in [0.25, 0.3) is 0 Å². The average molecular weight is 196 g/mol. The summed E-state index contributed by atoms with van der Waals surface area (Å²) in [5.41, 5.74) is 0. The molecule has 0 fully saturated rings. The van der Waals surface area contributed by atoms with Crippen molar-refractivity contribution >= 4 is 18.1 Å². The summed E-state index contributed by atoms with van der Waals surface area (Å²) in [6.45, 7) is 0.117. The molecule has 0 aromatic heterocycles. The van der Waals surface area contributed by atoms with Crippen LogP contribution < -0.4 is 12.3 Å². The van der Waals surface area contributed by atoms with Gasteiger partial charge in [-0.2, -0.15) is 4.99 Å². The zero-order valence-corrected chi connectivity index (χ0v) is 6.71. The molecule has 78 valence electrons. The Labute approximate surface area is 73.2 Å². The van der Waals surface area contributed by atoms with Gasteiger partial charge in [0.15, 0.2) is 0 Å². The first-order valence-electron chi connectivity index (χ1n) is 2.44. The third-order valence-electron chi connectivity index (χ3n) is 0.591. The molecule has 0 aliphatic carbocycles. The van der Waals surface area contributed by atoms with Crippen molar-refractivity contribution in [2.24, 2.45) is 9.98 Å². The number of nitrogens with zero attached hydrogens (tertiary/aromatic N) is 2. The van der Waals surface area contributed by atoms with Gasteiger partial charge < -0.3 is 32.7 Å². The lowest BCUT2D eigenvalue weighted by Gasteiger charge is -1.75. The van der Waals surface area contributed by atoms with Gasteiger partial charge in [-0.25, -0.2) is 9.79 Å². The summed E-state index contributed by atoms with van der Waals surface area (Å²) < 4.78 is 0. The second-order valence-electron chi connectivity index (χ2n) is 1.43. The molecule has 0 amide bonds. The Balaban J connectivity index is -0.000000150. The van der Waals surface area contributed by atoms with Crippen molar-refractivity contribution in [3.63, 3.8) is 0 Å². The van der Waals surface area contributed by atoms with E-state index < -0.39 is 6.16 Å². The molecule has 10 N–H and O–H groups in total. The fraction of sp³-hybridized carbons (Fsp3) is 0.250. The normalized spacial score (nSPS) is 12.0. The van der Waals surface area contributed by atoms with Crippen molar-refractivity contribution in [2.75, 3.05) is 6.54 Å². The fourth-order valence-corrected chi connectivity index (χ4v) is 0.328. The van der Waals surface area contributed by atoms with Gasteiger partial charge in [0.2, 0.25) is 5.90 Å². The highest BCUT2D eigenvalue weighted by atomic mass is 16.6. The highest BCUT2D eigenvalue weighted by Crippen LogP contribution is 1.88. The van der Waals surface area contributed by atoms with Gasteiger partial charge in [0, 0.05) is 0 Å². The second kappa shape index (κ2) is 8.23. The number of amidine groups is 1. The number of carboxylic acid groups (broad SMARTS) is 2. The maximum Gasteiger partial charge on any atom is 0.503 e. The van der Waals surface area contributed by atoms with Crippen LogP contribution in [0.3, 0.4) is 0 Å². The van der Waals surface area contributed by atoms with Gasteiger partial charge >= 0.3 is 12.2 Å². The van der Waals surface area contributed by atoms with Crippen molar-refractivity contribution in [3.05, 3.63) is 0 Å². The highest BCUT2D eigenvalue weighted by Gasteiger charge is 2.03. The molecule has 0 unspecified atom stereocenters. The zero-order chi connectivity index (χ0) is 8.85. The fourth-order valence-electron chi connectivity index (χ4n) is 0.328. The highest BCUT2D eigenvalue weighted by molar-refractivity contribution is 5.94. The smallest absolute Gasteiger partial charge is 0.495 e. The summed E-state index contributed by atoms with van der Waals surface area (Å²) in [5.74, 6) is -0.127. The van der Waals surface area contributed by atoms with E-state index in [2.05, 4.69) is 9.98 Å². The number of hydrogen-bond acceptors (Lipinski definition) is 5. The zero-order valence-electron chi connectivity index (χ0n) is 6.71. The van der Waals surface area contributed by atoms with Crippen LogP contribution in [0.1, 0.15) is 0 Å². The van der Waals surface area contributed by atoms with E-state index in [0.717, 1.165) is 0 Å². The van der Waals surface area contributed by atoms with Crippen LogP contribution in [0, 0.1) is 0 Å². The first-order chi connectivity index (χ1) is 5.02. The molecule has 0 saturated heterocycles. The number of aliphatic hydroxyl groups is 2. The molecule has 1 heterocycles. The Kier molecular flexibility index (Phi) is 10.9. The summed E-state index contributed by atoms with van der Waals surface area (Å²) in [6.07, 6.45) is -1.83. The molecule has 0 aromatic carbocycles. The number of carbonyl (C=O) groups is 1. The number of aliphatic hydroxyl groups excluding tert-OH is 2. The molecule has 1 aliphatic heterocycles. The quantitative estimate of drug-likeness (QED) is 0.322. The first-order valence-corrected chi connectivity index (χ1v) is 2.44. The van der Waals surface area contributed by atoms with Crippen LogP contribution in [-0.4, -0.2) is 45.0 Å². The lowest BCUT2D eigenvalue weighted by molar-refractivity contribution is 0.137. The van der Waals surface area contributed by atoms with E-state index in [1.54, 1.807) is 0 Å². The van der Waals surface area contributed by atoms with Crippen LogP contribution in [0.4, 0.5) is 4.79 Å². The van der Waals surface area contributed by atoms with Gasteiger partial charge in [0.1, 0.15) is 6.54 Å². The van der Waals surface area contributed by atoms with Crippen LogP contribution in [0.25, 0.3) is 0 Å².